The molecule has 0 aromatic rings. The lowest BCUT2D eigenvalue weighted by Crippen LogP contribution is -2.32. The molecule has 1 aliphatic rings. The van der Waals surface area contributed by atoms with Gasteiger partial charge in [0.15, 0.2) is 4.45 Å². The second-order valence-electron chi connectivity index (χ2n) is 2.62. The molecule has 0 aliphatic heterocycles. The first-order valence-electron chi connectivity index (χ1n) is 3.36. The minimum absolute atomic E-state index is 0.126. The van der Waals surface area contributed by atoms with Gasteiger partial charge >= 0.3 is 0 Å². The van der Waals surface area contributed by atoms with Gasteiger partial charge in [0.05, 0.1) is 5.38 Å². The average molecular weight is 227 g/mol. The van der Waals surface area contributed by atoms with E-state index in [2.05, 4.69) is 21.1 Å². The Bertz CT molecular complexity index is 144. The molecular formula is C6H9BrClNO. The molecule has 58 valence electrons. The Morgan fingerprint density at radius 3 is 2.70 bits per heavy atom. The minimum atomic E-state index is -0.674. The fourth-order valence-corrected chi connectivity index (χ4v) is 1.99. The standard InChI is InChI=1S/C6H9BrClNO/c7-6(9-10)4-2-1-3-5(6)8/h5H,1-4H2. The molecule has 0 spiro atoms. The molecule has 2 atom stereocenters. The Balaban J connectivity index is 2.62. The molecule has 0 bridgehead atoms. The molecule has 1 saturated carbocycles. The summed E-state index contributed by atoms with van der Waals surface area (Å²) in [5.41, 5.74) is 0. The third-order valence-corrected chi connectivity index (χ3v) is 3.80. The van der Waals surface area contributed by atoms with E-state index in [4.69, 9.17) is 11.6 Å². The Kier molecular flexibility index (Phi) is 2.69. The van der Waals surface area contributed by atoms with Crippen LogP contribution in [0.15, 0.2) is 5.18 Å². The summed E-state index contributed by atoms with van der Waals surface area (Å²) < 4.78 is -0.674. The maximum absolute atomic E-state index is 10.3. The van der Waals surface area contributed by atoms with Crippen LogP contribution in [-0.2, 0) is 0 Å². The lowest BCUT2D eigenvalue weighted by Gasteiger charge is -2.28. The van der Waals surface area contributed by atoms with E-state index in [1.807, 2.05) is 0 Å². The van der Waals surface area contributed by atoms with Gasteiger partial charge in [0.25, 0.3) is 0 Å². The summed E-state index contributed by atoms with van der Waals surface area (Å²) >= 11 is 9.13. The van der Waals surface area contributed by atoms with Crippen LogP contribution in [0.5, 0.6) is 0 Å². The summed E-state index contributed by atoms with van der Waals surface area (Å²) in [7, 11) is 0. The van der Waals surface area contributed by atoms with E-state index >= 15 is 0 Å². The van der Waals surface area contributed by atoms with Gasteiger partial charge in [-0.2, -0.15) is 0 Å². The highest BCUT2D eigenvalue weighted by Crippen LogP contribution is 2.40. The number of rotatable bonds is 1. The van der Waals surface area contributed by atoms with Crippen molar-refractivity contribution >= 4 is 27.5 Å². The van der Waals surface area contributed by atoms with Crippen molar-refractivity contribution in [2.75, 3.05) is 0 Å². The molecule has 1 fully saturated rings. The second kappa shape index (κ2) is 3.18. The SMILES string of the molecule is O=NC1(Br)CCCCC1Cl. The maximum Gasteiger partial charge on any atom is 0.173 e. The smallest absolute Gasteiger partial charge is 0.149 e. The molecule has 10 heavy (non-hydrogen) atoms. The first-order valence-corrected chi connectivity index (χ1v) is 4.59. The molecular weight excluding hydrogens is 217 g/mol. The zero-order valence-electron chi connectivity index (χ0n) is 5.52. The summed E-state index contributed by atoms with van der Waals surface area (Å²) in [6.07, 6.45) is 3.81. The van der Waals surface area contributed by atoms with Crippen LogP contribution < -0.4 is 0 Å². The normalized spacial score (nSPS) is 41.2. The first-order chi connectivity index (χ1) is 4.69. The van der Waals surface area contributed by atoms with Gasteiger partial charge in [-0.1, -0.05) is 22.4 Å². The molecule has 0 aromatic heterocycles. The molecule has 0 saturated heterocycles. The van der Waals surface area contributed by atoms with Crippen molar-refractivity contribution in [3.8, 4) is 0 Å². The van der Waals surface area contributed by atoms with Crippen molar-refractivity contribution in [3.63, 3.8) is 0 Å². The Labute approximate surface area is 73.4 Å². The molecule has 4 heteroatoms. The fraction of sp³-hybridized carbons (Fsp3) is 1.00. The summed E-state index contributed by atoms with van der Waals surface area (Å²) in [5, 5.41) is 2.87. The lowest BCUT2D eigenvalue weighted by molar-refractivity contribution is 0.422. The highest BCUT2D eigenvalue weighted by molar-refractivity contribution is 9.10. The second-order valence-corrected chi connectivity index (χ2v) is 4.52. The van der Waals surface area contributed by atoms with Gasteiger partial charge in [0.2, 0.25) is 0 Å². The highest BCUT2D eigenvalue weighted by atomic mass is 79.9. The van der Waals surface area contributed by atoms with Crippen LogP contribution in [0, 0.1) is 4.91 Å². The average Bonchev–Trinajstić information content (AvgIpc) is 1.96. The van der Waals surface area contributed by atoms with Crippen LogP contribution in [0.25, 0.3) is 0 Å². The van der Waals surface area contributed by atoms with E-state index in [-0.39, 0.29) is 5.38 Å². The van der Waals surface area contributed by atoms with Gasteiger partial charge in [-0.3, -0.25) is 0 Å². The quantitative estimate of drug-likeness (QED) is 0.384. The number of alkyl halides is 2. The molecule has 0 heterocycles. The van der Waals surface area contributed by atoms with Crippen LogP contribution in [0.4, 0.5) is 0 Å². The Morgan fingerprint density at radius 1 is 1.60 bits per heavy atom. The van der Waals surface area contributed by atoms with Crippen molar-refractivity contribution in [1.82, 2.24) is 0 Å². The molecule has 0 amide bonds. The van der Waals surface area contributed by atoms with Crippen molar-refractivity contribution in [2.24, 2.45) is 5.18 Å². The predicted octanol–water partition coefficient (Wildman–Crippen LogP) is 3.03. The van der Waals surface area contributed by atoms with Crippen molar-refractivity contribution in [3.05, 3.63) is 4.91 Å². The van der Waals surface area contributed by atoms with E-state index in [0.717, 1.165) is 25.7 Å². The third kappa shape index (κ3) is 1.51. The molecule has 2 nitrogen and oxygen atoms in total. The van der Waals surface area contributed by atoms with Crippen LogP contribution >= 0.6 is 27.5 Å². The Hall–Kier alpha value is 0.370. The topological polar surface area (TPSA) is 29.4 Å². The van der Waals surface area contributed by atoms with E-state index in [9.17, 15) is 4.91 Å². The van der Waals surface area contributed by atoms with E-state index in [1.54, 1.807) is 0 Å². The van der Waals surface area contributed by atoms with Crippen LogP contribution in [0.3, 0.4) is 0 Å². The number of halogens is 2. The minimum Gasteiger partial charge on any atom is -0.149 e. The van der Waals surface area contributed by atoms with Crippen molar-refractivity contribution in [1.29, 1.82) is 0 Å². The number of nitrogens with zero attached hydrogens (tertiary/aromatic N) is 1. The molecule has 0 aromatic carbocycles. The van der Waals surface area contributed by atoms with Crippen LogP contribution in [0.2, 0.25) is 0 Å². The summed E-state index contributed by atoms with van der Waals surface area (Å²) in [4.78, 5) is 10.3. The van der Waals surface area contributed by atoms with Crippen LogP contribution in [-0.4, -0.2) is 9.83 Å². The zero-order chi connectivity index (χ0) is 7.61. The summed E-state index contributed by atoms with van der Waals surface area (Å²) in [6, 6.07) is 0. The Morgan fingerprint density at radius 2 is 2.30 bits per heavy atom. The monoisotopic (exact) mass is 225 g/mol. The third-order valence-electron chi connectivity index (χ3n) is 1.87. The van der Waals surface area contributed by atoms with Gasteiger partial charge < -0.3 is 0 Å². The van der Waals surface area contributed by atoms with Gasteiger partial charge in [-0.25, -0.2) is 0 Å². The van der Waals surface area contributed by atoms with E-state index < -0.39 is 4.45 Å². The van der Waals surface area contributed by atoms with Gasteiger partial charge in [-0.15, -0.1) is 16.5 Å². The number of nitroso groups, excluding NO2 is 1. The summed E-state index contributed by atoms with van der Waals surface area (Å²) in [6.45, 7) is 0. The van der Waals surface area contributed by atoms with E-state index in [1.165, 1.54) is 0 Å². The molecule has 0 N–H and O–H groups in total. The predicted molar refractivity (Wildman–Crippen MR) is 45.6 cm³/mol. The summed E-state index contributed by atoms with van der Waals surface area (Å²) in [5.74, 6) is 0. The maximum atomic E-state index is 10.3. The zero-order valence-corrected chi connectivity index (χ0v) is 7.86. The van der Waals surface area contributed by atoms with Crippen molar-refractivity contribution < 1.29 is 0 Å². The number of hydrogen-bond acceptors (Lipinski definition) is 2. The van der Waals surface area contributed by atoms with Gasteiger partial charge in [0, 0.05) is 0 Å². The fourth-order valence-electron chi connectivity index (χ4n) is 1.18. The van der Waals surface area contributed by atoms with Crippen LogP contribution in [0.1, 0.15) is 25.7 Å². The first kappa shape index (κ1) is 8.47. The van der Waals surface area contributed by atoms with E-state index in [0.29, 0.717) is 0 Å². The highest BCUT2D eigenvalue weighted by Gasteiger charge is 2.38. The van der Waals surface area contributed by atoms with Gasteiger partial charge in [0.1, 0.15) is 0 Å². The van der Waals surface area contributed by atoms with Gasteiger partial charge in [-0.05, 0) is 24.4 Å². The number of hydrogen-bond donors (Lipinski definition) is 0. The largest absolute Gasteiger partial charge is 0.173 e. The molecule has 0 radical (unpaired) electrons. The molecule has 1 aliphatic carbocycles. The van der Waals surface area contributed by atoms with Crippen molar-refractivity contribution in [2.45, 2.75) is 35.5 Å². The molecule has 1 rings (SSSR count). The molecule has 2 unspecified atom stereocenters. The lowest BCUT2D eigenvalue weighted by atomic mass is 9.95.